The Morgan fingerprint density at radius 3 is 1.46 bits per heavy atom. The summed E-state index contributed by atoms with van der Waals surface area (Å²) in [6.07, 6.45) is -0.684. The number of nitrogens with zero attached hydrogens (tertiary/aromatic N) is 1. The normalized spacial score (nSPS) is 13.3. The third kappa shape index (κ3) is 22.5. The molecule has 1 unspecified atom stereocenters. The zero-order chi connectivity index (χ0) is 54.9. The van der Waals surface area contributed by atoms with Crippen LogP contribution in [0.2, 0.25) is 0 Å². The van der Waals surface area contributed by atoms with Crippen molar-refractivity contribution in [1.82, 2.24) is 20.9 Å². The number of aromatic hydroxyl groups is 2. The molecule has 2 rings (SSSR count). The number of carbonyl (C=O) groups is 4. The Morgan fingerprint density at radius 2 is 1.04 bits per heavy atom. The van der Waals surface area contributed by atoms with E-state index in [-0.39, 0.29) is 95.4 Å². The Labute approximate surface area is 421 Å². The Hall–Kier alpha value is -3.56. The van der Waals surface area contributed by atoms with Gasteiger partial charge in [-0.3, -0.25) is 42.3 Å². The van der Waals surface area contributed by atoms with Crippen molar-refractivity contribution >= 4 is 54.1 Å². The summed E-state index contributed by atoms with van der Waals surface area (Å²) in [6, 6.07) is 7.82. The SMILES string of the molecule is CCOP(=O)(OCC)C(NC(=O)CCc1ccc(O)c(CN(CCC(NCc2cc(CCC(=O)NC(P(=O)(O)O)P(=O)(O)O)ccc2O)C(=O)OC(C)(C)C)CC(=O)OC(C)(C)C)c1)P(=O)(OCC)OCC. The summed E-state index contributed by atoms with van der Waals surface area (Å²) >= 11 is 0. The highest BCUT2D eigenvalue weighted by atomic mass is 31.2. The maximum Gasteiger partial charge on any atom is 0.365 e. The van der Waals surface area contributed by atoms with Gasteiger partial charge in [-0.2, -0.15) is 0 Å². The van der Waals surface area contributed by atoms with E-state index in [1.807, 2.05) is 0 Å². The van der Waals surface area contributed by atoms with Gasteiger partial charge in [-0.1, -0.05) is 24.3 Å². The Bertz CT molecular complexity index is 2260. The fourth-order valence-corrected chi connectivity index (χ4v) is 13.9. The van der Waals surface area contributed by atoms with E-state index >= 15 is 0 Å². The van der Waals surface area contributed by atoms with Gasteiger partial charge in [0.15, 0.2) is 0 Å². The third-order valence-corrected chi connectivity index (χ3v) is 18.7. The summed E-state index contributed by atoms with van der Waals surface area (Å²) < 4.78 is 84.2. The third-order valence-electron chi connectivity index (χ3n) is 9.75. The molecule has 28 heteroatoms. The second kappa shape index (κ2) is 28.4. The second-order valence-electron chi connectivity index (χ2n) is 18.3. The number of nitrogens with one attached hydrogen (secondary N) is 3. The number of rotatable bonds is 31. The van der Waals surface area contributed by atoms with Crippen molar-refractivity contribution in [3.8, 4) is 11.5 Å². The van der Waals surface area contributed by atoms with E-state index in [0.29, 0.717) is 16.7 Å². The lowest BCUT2D eigenvalue weighted by atomic mass is 10.0. The number of phenolic OH excluding ortho intramolecular Hbond substituents is 2. The van der Waals surface area contributed by atoms with Gasteiger partial charge in [-0.25, -0.2) is 0 Å². The minimum absolute atomic E-state index is 0.00112. The molecule has 2 amide bonds. The molecule has 0 fully saturated rings. The van der Waals surface area contributed by atoms with Gasteiger partial charge in [-0.05, 0) is 112 Å². The van der Waals surface area contributed by atoms with Crippen molar-refractivity contribution in [1.29, 1.82) is 0 Å². The molecule has 0 spiro atoms. The molecule has 24 nitrogen and oxygen atoms in total. The van der Waals surface area contributed by atoms with Crippen LogP contribution in [0.15, 0.2) is 36.4 Å². The van der Waals surface area contributed by atoms with Crippen molar-refractivity contribution < 1.29 is 94.8 Å². The standard InChI is InChI=1S/C44H74N4O20P4/c1-11-63-71(61,64-12-2)42(72(62,65-13-3)66-14-4)47-38(52)22-18-31-16-20-36(50)33(26-31)28-48(29-39(53)67-43(5,6)7)24-23-34(40(54)68-44(8,9)10)45-27-32-25-30(15-19-35(32)49)17-21-37(51)46-41(69(55,56)57)70(58,59)60/h15-16,19-20,25-26,34,41-42,45,49-50H,11-14,17-18,21-24,27-29H2,1-10H3,(H,46,51)(H,47,52)(H2,55,56,57)(H2,58,59,60). The Kier molecular flexibility index (Phi) is 25.4. The van der Waals surface area contributed by atoms with Gasteiger partial charge in [0.05, 0.1) is 33.0 Å². The molecule has 410 valence electrons. The number of amides is 2. The molecule has 0 radical (unpaired) electrons. The molecular formula is C44H74N4O20P4. The zero-order valence-electron chi connectivity index (χ0n) is 42.5. The van der Waals surface area contributed by atoms with Crippen LogP contribution in [0, 0.1) is 0 Å². The minimum Gasteiger partial charge on any atom is -0.508 e. The number of esters is 2. The van der Waals surface area contributed by atoms with Crippen LogP contribution in [0.25, 0.3) is 0 Å². The molecule has 0 aliphatic heterocycles. The molecule has 0 aliphatic rings. The molecular weight excluding hydrogens is 1030 g/mol. The van der Waals surface area contributed by atoms with Crippen LogP contribution in [0.4, 0.5) is 0 Å². The van der Waals surface area contributed by atoms with Crippen molar-refractivity contribution in [3.63, 3.8) is 0 Å². The summed E-state index contributed by atoms with van der Waals surface area (Å²) in [5.74, 6) is -3.40. The predicted octanol–water partition coefficient (Wildman–Crippen LogP) is 5.68. The van der Waals surface area contributed by atoms with Gasteiger partial charge in [-0.15, -0.1) is 0 Å². The lowest BCUT2D eigenvalue weighted by molar-refractivity contribution is -0.157. The van der Waals surface area contributed by atoms with Crippen LogP contribution >= 0.6 is 30.4 Å². The highest BCUT2D eigenvalue weighted by Crippen LogP contribution is 2.69. The highest BCUT2D eigenvalue weighted by Gasteiger charge is 2.52. The second-order valence-corrected chi connectivity index (χ2v) is 26.7. The summed E-state index contributed by atoms with van der Waals surface area (Å²) in [5, 5.41) is 29.1. The molecule has 0 saturated heterocycles. The van der Waals surface area contributed by atoms with Gasteiger partial charge in [0.25, 0.3) is 0 Å². The molecule has 0 saturated carbocycles. The quantitative estimate of drug-likeness (QED) is 0.0324. The lowest BCUT2D eigenvalue weighted by Gasteiger charge is -2.31. The van der Waals surface area contributed by atoms with E-state index in [1.165, 1.54) is 24.3 Å². The average Bonchev–Trinajstić information content (AvgIpc) is 3.23. The van der Waals surface area contributed by atoms with Gasteiger partial charge in [0, 0.05) is 43.6 Å². The van der Waals surface area contributed by atoms with Crippen LogP contribution < -0.4 is 16.0 Å². The molecule has 2 aromatic rings. The first-order valence-corrected chi connectivity index (χ1v) is 29.8. The molecule has 2 aromatic carbocycles. The summed E-state index contributed by atoms with van der Waals surface area (Å²) in [7, 11) is -19.5. The van der Waals surface area contributed by atoms with E-state index in [1.54, 1.807) is 91.6 Å². The number of carbonyl (C=O) groups excluding carboxylic acids is 4. The van der Waals surface area contributed by atoms with Gasteiger partial charge < -0.3 is 73.3 Å². The first-order chi connectivity index (χ1) is 33.2. The first kappa shape index (κ1) is 64.6. The number of phenols is 2. The summed E-state index contributed by atoms with van der Waals surface area (Å²) in [6.45, 7) is 15.4. The fourth-order valence-electron chi connectivity index (χ4n) is 6.81. The van der Waals surface area contributed by atoms with E-state index in [9.17, 15) is 67.2 Å². The van der Waals surface area contributed by atoms with Crippen molar-refractivity contribution in [2.75, 3.05) is 39.5 Å². The highest BCUT2D eigenvalue weighted by molar-refractivity contribution is 7.72. The molecule has 0 bridgehead atoms. The smallest absolute Gasteiger partial charge is 0.365 e. The van der Waals surface area contributed by atoms with Gasteiger partial charge >= 0.3 is 42.3 Å². The minimum atomic E-state index is -5.42. The average molecular weight is 1100 g/mol. The van der Waals surface area contributed by atoms with E-state index < -0.39 is 88.8 Å². The van der Waals surface area contributed by atoms with Crippen LogP contribution in [0.1, 0.15) is 111 Å². The molecule has 0 aromatic heterocycles. The van der Waals surface area contributed by atoms with E-state index in [4.69, 9.17) is 27.6 Å². The topological polar surface area (TPSA) is 353 Å². The maximum atomic E-state index is 13.9. The molecule has 1 atom stereocenters. The van der Waals surface area contributed by atoms with Crippen LogP contribution in [0.5, 0.6) is 11.5 Å². The predicted molar refractivity (Wildman–Crippen MR) is 265 cm³/mol. The molecule has 9 N–H and O–H groups in total. The van der Waals surface area contributed by atoms with Crippen molar-refractivity contribution in [3.05, 3.63) is 58.7 Å². The fraction of sp³-hybridized carbons (Fsp3) is 0.636. The number of hydrogen-bond donors (Lipinski definition) is 9. The first-order valence-electron chi connectivity index (χ1n) is 23.2. The number of aryl methyl sites for hydroxylation is 2. The number of ether oxygens (including phenoxy) is 2. The van der Waals surface area contributed by atoms with Crippen molar-refractivity contribution in [2.24, 2.45) is 0 Å². The molecule has 0 heterocycles. The Balaban J connectivity index is 2.41. The molecule has 72 heavy (non-hydrogen) atoms. The van der Waals surface area contributed by atoms with Crippen molar-refractivity contribution in [2.45, 2.75) is 143 Å². The Morgan fingerprint density at radius 1 is 0.625 bits per heavy atom. The molecule has 0 aliphatic carbocycles. The number of benzene rings is 2. The van der Waals surface area contributed by atoms with E-state index in [2.05, 4.69) is 10.6 Å². The largest absolute Gasteiger partial charge is 0.508 e. The van der Waals surface area contributed by atoms with Gasteiger partial charge in [0.2, 0.25) is 22.9 Å². The van der Waals surface area contributed by atoms with E-state index in [0.717, 1.165) is 0 Å². The summed E-state index contributed by atoms with van der Waals surface area (Å²) in [4.78, 5) is 92.1. The maximum absolute atomic E-state index is 13.9. The van der Waals surface area contributed by atoms with Gasteiger partial charge in [0.1, 0.15) is 28.7 Å². The van der Waals surface area contributed by atoms with Crippen LogP contribution in [0.3, 0.4) is 0 Å². The monoisotopic (exact) mass is 1100 g/mol. The lowest BCUT2D eigenvalue weighted by Crippen LogP contribution is -2.44. The zero-order valence-corrected chi connectivity index (χ0v) is 46.1. The number of hydrogen-bond acceptors (Lipinski definition) is 18. The summed E-state index contributed by atoms with van der Waals surface area (Å²) in [5.41, 5.74) is -4.71. The van der Waals surface area contributed by atoms with Crippen LogP contribution in [-0.4, -0.2) is 126 Å². The van der Waals surface area contributed by atoms with Crippen LogP contribution in [-0.2, 0) is 90.9 Å².